The average Bonchev–Trinajstić information content (AvgIpc) is 2.48. The minimum absolute atomic E-state index is 0.0953. The average molecular weight is 371 g/mol. The maximum absolute atomic E-state index is 11.8. The van der Waals surface area contributed by atoms with Crippen molar-refractivity contribution in [2.75, 3.05) is 19.7 Å². The second-order valence-electron chi connectivity index (χ2n) is 5.16. The molecule has 5 nitrogen and oxygen atoms in total. The largest absolute Gasteiger partial charge is 0.487 e. The van der Waals surface area contributed by atoms with Gasteiger partial charge < -0.3 is 20.5 Å². The minimum atomic E-state index is -0.500. The van der Waals surface area contributed by atoms with E-state index in [0.29, 0.717) is 11.8 Å². The third kappa shape index (κ3) is 8.79. The summed E-state index contributed by atoms with van der Waals surface area (Å²) < 4.78 is 5.64. The predicted octanol–water partition coefficient (Wildman–Crippen LogP) is 3.10. The van der Waals surface area contributed by atoms with Crippen LogP contribution in [-0.2, 0) is 9.53 Å². The number of carbonyl (C=O) groups is 1. The lowest BCUT2D eigenvalue weighted by Crippen LogP contribution is -2.32. The Labute approximate surface area is 154 Å². The Morgan fingerprint density at radius 2 is 1.88 bits per heavy atom. The summed E-state index contributed by atoms with van der Waals surface area (Å²) in [4.78, 5) is 13.8. The topological polar surface area (TPSA) is 75.8 Å². The molecule has 1 unspecified atom stereocenters. The Morgan fingerprint density at radius 1 is 1.33 bits per heavy atom. The lowest BCUT2D eigenvalue weighted by atomic mass is 9.95. The van der Waals surface area contributed by atoms with E-state index in [1.807, 2.05) is 49.9 Å². The van der Waals surface area contributed by atoms with E-state index in [4.69, 9.17) is 22.1 Å². The molecule has 7 heteroatoms. The van der Waals surface area contributed by atoms with Crippen LogP contribution in [0.2, 0.25) is 0 Å². The molecule has 0 aliphatic heterocycles. The van der Waals surface area contributed by atoms with Crippen LogP contribution in [0.15, 0.2) is 24.3 Å². The Balaban J connectivity index is 0.00000118. The summed E-state index contributed by atoms with van der Waals surface area (Å²) in [5.74, 6) is -0.165. The van der Waals surface area contributed by atoms with Gasteiger partial charge in [0.25, 0.3) is 10.3 Å². The zero-order chi connectivity index (χ0) is 18.7. The van der Waals surface area contributed by atoms with Gasteiger partial charge in [0, 0.05) is 13.1 Å². The normalized spacial score (nSPS) is 10.8. The van der Waals surface area contributed by atoms with Gasteiger partial charge in [-0.15, -0.1) is 0 Å². The number of aryl methyl sites for hydroxylation is 1. The van der Waals surface area contributed by atoms with Crippen molar-refractivity contribution in [1.29, 1.82) is 0 Å². The summed E-state index contributed by atoms with van der Waals surface area (Å²) >= 11 is 9.12. The molecule has 0 radical (unpaired) electrons. The van der Waals surface area contributed by atoms with Crippen LogP contribution >= 0.6 is 24.4 Å². The van der Waals surface area contributed by atoms with Gasteiger partial charge in [-0.2, -0.15) is 0 Å². The maximum Gasteiger partial charge on any atom is 0.259 e. The highest BCUT2D eigenvalue weighted by atomic mass is 32.1. The van der Waals surface area contributed by atoms with Crippen molar-refractivity contribution in [3.8, 4) is 0 Å². The Bertz CT molecular complexity index is 557. The molecule has 0 aliphatic rings. The molecule has 0 heterocycles. The Hall–Kier alpha value is -1.73. The molecular weight excluding hydrogens is 344 g/mol. The van der Waals surface area contributed by atoms with E-state index in [1.165, 1.54) is 0 Å². The number of thiocarbonyl (C=S) groups is 2. The van der Waals surface area contributed by atoms with Crippen LogP contribution in [0.1, 0.15) is 37.8 Å². The van der Waals surface area contributed by atoms with Gasteiger partial charge in [0.2, 0.25) is 0 Å². The molecular formula is C17H26N2O3S2. The number of benzene rings is 1. The first-order valence-electron chi connectivity index (χ1n) is 7.69. The highest BCUT2D eigenvalue weighted by molar-refractivity contribution is 7.80. The van der Waals surface area contributed by atoms with E-state index in [1.54, 1.807) is 6.92 Å². The van der Waals surface area contributed by atoms with Crippen LogP contribution in [0.3, 0.4) is 0 Å². The summed E-state index contributed by atoms with van der Waals surface area (Å²) in [5.41, 5.74) is 6.52. The fourth-order valence-electron chi connectivity index (χ4n) is 2.06. The zero-order valence-electron chi connectivity index (χ0n) is 14.6. The van der Waals surface area contributed by atoms with Crippen molar-refractivity contribution in [1.82, 2.24) is 4.90 Å². The van der Waals surface area contributed by atoms with E-state index in [-0.39, 0.29) is 11.7 Å². The second-order valence-corrected chi connectivity index (χ2v) is 5.93. The van der Waals surface area contributed by atoms with Gasteiger partial charge in [0.1, 0.15) is 12.4 Å². The summed E-state index contributed by atoms with van der Waals surface area (Å²) in [5, 5.41) is 7.53. The highest BCUT2D eigenvalue weighted by Crippen LogP contribution is 2.19. The van der Waals surface area contributed by atoms with Crippen LogP contribution in [0.5, 0.6) is 0 Å². The Morgan fingerprint density at radius 3 is 2.29 bits per heavy atom. The van der Waals surface area contributed by atoms with Gasteiger partial charge in [0.05, 0.1) is 5.92 Å². The van der Waals surface area contributed by atoms with E-state index in [2.05, 4.69) is 18.0 Å². The van der Waals surface area contributed by atoms with Crippen LogP contribution in [0.4, 0.5) is 0 Å². The van der Waals surface area contributed by atoms with E-state index in [0.717, 1.165) is 24.2 Å². The molecule has 0 aromatic heterocycles. The fourth-order valence-corrected chi connectivity index (χ4v) is 2.39. The molecule has 0 amide bonds. The molecule has 0 bridgehead atoms. The number of aliphatic hydroxyl groups is 1. The third-order valence-corrected chi connectivity index (χ3v) is 3.71. The summed E-state index contributed by atoms with van der Waals surface area (Å²) in [6.07, 6.45) is 0. The molecule has 3 N–H and O–H groups in total. The molecule has 1 aromatic carbocycles. The van der Waals surface area contributed by atoms with Gasteiger partial charge >= 0.3 is 0 Å². The van der Waals surface area contributed by atoms with Gasteiger partial charge in [-0.25, -0.2) is 0 Å². The highest BCUT2D eigenvalue weighted by Gasteiger charge is 2.19. The van der Waals surface area contributed by atoms with E-state index in [9.17, 15) is 4.79 Å². The fraction of sp³-hybridized carbons (Fsp3) is 0.471. The number of carbonyl (C=O) groups excluding carboxylic acids is 1. The van der Waals surface area contributed by atoms with Crippen LogP contribution in [0.25, 0.3) is 0 Å². The summed E-state index contributed by atoms with van der Waals surface area (Å²) in [7, 11) is 0. The number of ether oxygens (including phenoxy) is 1. The lowest BCUT2D eigenvalue weighted by molar-refractivity contribution is -0.119. The van der Waals surface area contributed by atoms with Gasteiger partial charge in [0.15, 0.2) is 0 Å². The number of nitrogens with zero attached hydrogens (tertiary/aromatic N) is 1. The number of hydrogen-bond donors (Lipinski definition) is 2. The van der Waals surface area contributed by atoms with Crippen LogP contribution < -0.4 is 5.73 Å². The molecule has 1 aromatic rings. The number of rotatable bonds is 6. The zero-order valence-corrected chi connectivity index (χ0v) is 16.2. The number of ketones is 1. The molecule has 1 atom stereocenters. The molecule has 0 saturated carbocycles. The second kappa shape index (κ2) is 11.8. The van der Waals surface area contributed by atoms with Crippen molar-refractivity contribution in [3.05, 3.63) is 35.4 Å². The van der Waals surface area contributed by atoms with Crippen molar-refractivity contribution in [2.45, 2.75) is 33.6 Å². The van der Waals surface area contributed by atoms with Gasteiger partial charge in [-0.1, -0.05) is 29.8 Å². The van der Waals surface area contributed by atoms with Crippen molar-refractivity contribution in [3.63, 3.8) is 0 Å². The van der Waals surface area contributed by atoms with Crippen LogP contribution in [-0.4, -0.2) is 45.8 Å². The lowest BCUT2D eigenvalue weighted by Gasteiger charge is -2.23. The monoisotopic (exact) mass is 370 g/mol. The first-order chi connectivity index (χ1) is 11.2. The summed E-state index contributed by atoms with van der Waals surface area (Å²) in [6.45, 7) is 9.59. The van der Waals surface area contributed by atoms with Gasteiger partial charge in [-0.3, -0.25) is 4.79 Å². The third-order valence-electron chi connectivity index (χ3n) is 3.33. The minimum Gasteiger partial charge on any atom is -0.487 e. The molecule has 1 rings (SSSR count). The van der Waals surface area contributed by atoms with Crippen molar-refractivity contribution < 1.29 is 14.6 Å². The van der Waals surface area contributed by atoms with Crippen LogP contribution in [0, 0.1) is 6.92 Å². The Kier molecular flexibility index (Phi) is 10.9. The van der Waals surface area contributed by atoms with E-state index >= 15 is 0 Å². The maximum atomic E-state index is 11.8. The number of hydrogen-bond acceptors (Lipinski definition) is 4. The molecule has 0 fully saturated rings. The number of nitrogens with two attached hydrogens (primary N) is 1. The molecule has 134 valence electrons. The molecule has 0 saturated heterocycles. The SMILES string of the molecule is CCN(CC)C(=S)OCC(C(C)=O)c1cccc(C)c1.NC(O)=S. The molecule has 0 aliphatic carbocycles. The van der Waals surface area contributed by atoms with Crippen molar-refractivity contribution in [2.24, 2.45) is 5.73 Å². The number of aliphatic hydroxyl groups excluding tert-OH is 1. The number of Topliss-reactive ketones (excluding diaryl/α,β-unsaturated/α-hetero) is 1. The van der Waals surface area contributed by atoms with E-state index < -0.39 is 5.17 Å². The standard InChI is InChI=1S/C16H23NO2S.CH3NOS/c1-5-17(6-2)16(20)19-11-15(13(4)18)14-9-7-8-12(3)10-14;2-1(3)4/h7-10,15H,5-6,11H2,1-4H3;(H3,2,3,4). The smallest absolute Gasteiger partial charge is 0.259 e. The first kappa shape index (κ1) is 22.3. The molecule has 24 heavy (non-hydrogen) atoms. The first-order valence-corrected chi connectivity index (χ1v) is 8.51. The van der Waals surface area contributed by atoms with Gasteiger partial charge in [-0.05, 0) is 57.7 Å². The van der Waals surface area contributed by atoms with Crippen molar-refractivity contribution >= 4 is 40.6 Å². The predicted molar refractivity (Wildman–Crippen MR) is 105 cm³/mol. The quantitative estimate of drug-likeness (QED) is 0.745. The molecule has 0 spiro atoms. The summed E-state index contributed by atoms with van der Waals surface area (Å²) in [6, 6.07) is 7.96.